The van der Waals surface area contributed by atoms with Crippen molar-refractivity contribution in [1.29, 1.82) is 0 Å². The molecule has 0 radical (unpaired) electrons. The minimum atomic E-state index is 0.128. The molecule has 3 aromatic carbocycles. The molecule has 0 aromatic heterocycles. The lowest BCUT2D eigenvalue weighted by Crippen LogP contribution is -2.50. The molecule has 0 aliphatic heterocycles. The van der Waals surface area contributed by atoms with Crippen LogP contribution in [0.2, 0.25) is 0 Å². The van der Waals surface area contributed by atoms with E-state index in [-0.39, 0.29) is 16.2 Å². The van der Waals surface area contributed by atoms with Gasteiger partial charge < -0.3 is 0 Å². The van der Waals surface area contributed by atoms with Crippen LogP contribution in [0, 0.1) is 5.92 Å². The van der Waals surface area contributed by atoms with E-state index in [0.29, 0.717) is 11.8 Å². The van der Waals surface area contributed by atoms with Crippen LogP contribution in [0.4, 0.5) is 0 Å². The van der Waals surface area contributed by atoms with Crippen LogP contribution in [-0.2, 0) is 16.2 Å². The SMILES string of the molecule is C=CC1C2c3ccccc3C3(C)C1(c1ccccc1)C23c1ccccc1. The lowest BCUT2D eigenvalue weighted by Gasteiger charge is -2.52. The van der Waals surface area contributed by atoms with E-state index in [1.54, 1.807) is 11.1 Å². The monoisotopic (exact) mass is 334 g/mol. The Morgan fingerprint density at radius 3 is 1.88 bits per heavy atom. The normalized spacial score (nSPS) is 38.0. The lowest BCUT2D eigenvalue weighted by atomic mass is 9.50. The second kappa shape index (κ2) is 4.38. The van der Waals surface area contributed by atoms with E-state index in [9.17, 15) is 0 Å². The minimum absolute atomic E-state index is 0.128. The molecule has 3 aliphatic carbocycles. The Bertz CT molecular complexity index is 1030. The number of hydrogen-bond donors (Lipinski definition) is 0. The third-order valence-electron chi connectivity index (χ3n) is 8.01. The van der Waals surface area contributed by atoms with Crippen molar-refractivity contribution in [3.8, 4) is 0 Å². The predicted octanol–water partition coefficient (Wildman–Crippen LogP) is 5.75. The summed E-state index contributed by atoms with van der Waals surface area (Å²) in [6.07, 6.45) is 2.24. The highest BCUT2D eigenvalue weighted by Crippen LogP contribution is 2.98. The molecule has 0 saturated heterocycles. The molecule has 0 amide bonds. The van der Waals surface area contributed by atoms with E-state index in [1.807, 2.05) is 0 Å². The van der Waals surface area contributed by atoms with E-state index in [4.69, 9.17) is 0 Å². The van der Waals surface area contributed by atoms with Gasteiger partial charge in [-0.1, -0.05) is 97.9 Å². The number of fused-ring (bicyclic) bond motifs is 4. The van der Waals surface area contributed by atoms with Gasteiger partial charge in [0.15, 0.2) is 0 Å². The Morgan fingerprint density at radius 2 is 1.27 bits per heavy atom. The molecule has 0 bridgehead atoms. The van der Waals surface area contributed by atoms with Gasteiger partial charge in [0.1, 0.15) is 0 Å². The van der Waals surface area contributed by atoms with Crippen LogP contribution in [0.3, 0.4) is 0 Å². The molecule has 3 aliphatic rings. The third-order valence-corrected chi connectivity index (χ3v) is 8.01. The average molecular weight is 334 g/mol. The van der Waals surface area contributed by atoms with Gasteiger partial charge in [-0.3, -0.25) is 0 Å². The summed E-state index contributed by atoms with van der Waals surface area (Å²) in [6, 6.07) is 31.6. The molecule has 0 heterocycles. The maximum atomic E-state index is 4.28. The number of hydrogen-bond acceptors (Lipinski definition) is 0. The van der Waals surface area contributed by atoms with Crippen molar-refractivity contribution in [2.24, 2.45) is 5.92 Å². The summed E-state index contributed by atoms with van der Waals surface area (Å²) >= 11 is 0. The summed E-state index contributed by atoms with van der Waals surface area (Å²) in [5.74, 6) is 1.02. The Hall–Kier alpha value is -2.60. The van der Waals surface area contributed by atoms with E-state index < -0.39 is 0 Å². The molecule has 0 nitrogen and oxygen atoms in total. The van der Waals surface area contributed by atoms with Crippen LogP contribution in [0.5, 0.6) is 0 Å². The predicted molar refractivity (Wildman–Crippen MR) is 106 cm³/mol. The third kappa shape index (κ3) is 1.11. The largest absolute Gasteiger partial charge is 0.103 e. The van der Waals surface area contributed by atoms with E-state index >= 15 is 0 Å². The quantitative estimate of drug-likeness (QED) is 0.535. The summed E-state index contributed by atoms with van der Waals surface area (Å²) in [4.78, 5) is 0. The first-order chi connectivity index (χ1) is 12.8. The second-order valence-corrected chi connectivity index (χ2v) is 8.30. The van der Waals surface area contributed by atoms with Crippen LogP contribution in [0.25, 0.3) is 0 Å². The summed E-state index contributed by atoms with van der Waals surface area (Å²) in [6.45, 7) is 6.79. The molecule has 2 fully saturated rings. The number of benzene rings is 3. The average Bonchev–Trinajstić information content (AvgIpc) is 3.03. The minimum Gasteiger partial charge on any atom is -0.103 e. The maximum absolute atomic E-state index is 4.28. The molecule has 0 spiro atoms. The van der Waals surface area contributed by atoms with Crippen LogP contribution < -0.4 is 0 Å². The first-order valence-electron chi connectivity index (χ1n) is 9.59. The van der Waals surface area contributed by atoms with Crippen LogP contribution in [0.1, 0.15) is 35.1 Å². The summed E-state index contributed by atoms with van der Waals surface area (Å²) in [7, 11) is 0. The molecular formula is C26H22. The molecular weight excluding hydrogens is 312 g/mol. The van der Waals surface area contributed by atoms with Crippen LogP contribution in [-0.4, -0.2) is 0 Å². The fourth-order valence-corrected chi connectivity index (χ4v) is 7.55. The first-order valence-corrected chi connectivity index (χ1v) is 9.59. The van der Waals surface area contributed by atoms with E-state index in [0.717, 1.165) is 0 Å². The summed E-state index contributed by atoms with van der Waals surface area (Å²) < 4.78 is 0. The second-order valence-electron chi connectivity index (χ2n) is 8.30. The molecule has 5 atom stereocenters. The van der Waals surface area contributed by atoms with Crippen LogP contribution in [0.15, 0.2) is 97.6 Å². The highest BCUT2D eigenvalue weighted by molar-refractivity contribution is 5.80. The van der Waals surface area contributed by atoms with Gasteiger partial charge >= 0.3 is 0 Å². The zero-order valence-corrected chi connectivity index (χ0v) is 15.0. The standard InChI is InChI=1S/C26H22/c1-3-21-23-20-16-10-11-17-22(20)24(2)25(21,18-12-6-4-7-13-18)26(23,24)19-14-8-5-9-15-19/h3-17,21,23H,1H2,2H3. The Balaban J connectivity index is 1.73. The van der Waals surface area contributed by atoms with Crippen molar-refractivity contribution in [1.82, 2.24) is 0 Å². The summed E-state index contributed by atoms with van der Waals surface area (Å²) in [5, 5.41) is 0. The molecule has 0 N–H and O–H groups in total. The molecule has 6 rings (SSSR count). The molecule has 3 aromatic rings. The smallest absolute Gasteiger partial charge is 0.0242 e. The van der Waals surface area contributed by atoms with Gasteiger partial charge in [0.2, 0.25) is 0 Å². The molecule has 26 heavy (non-hydrogen) atoms. The van der Waals surface area contributed by atoms with Gasteiger partial charge in [0.25, 0.3) is 0 Å². The van der Waals surface area contributed by atoms with Gasteiger partial charge in [-0.2, -0.15) is 0 Å². The molecule has 2 saturated carbocycles. The fourth-order valence-electron chi connectivity index (χ4n) is 7.55. The van der Waals surface area contributed by atoms with Crippen LogP contribution >= 0.6 is 0 Å². The lowest BCUT2D eigenvalue weighted by molar-refractivity contribution is 0.198. The highest BCUT2D eigenvalue weighted by atomic mass is 15.0. The van der Waals surface area contributed by atoms with Gasteiger partial charge in [-0.05, 0) is 28.2 Å². The van der Waals surface area contributed by atoms with Crippen molar-refractivity contribution >= 4 is 0 Å². The summed E-state index contributed by atoms with van der Waals surface area (Å²) in [5.41, 5.74) is 6.47. The Kier molecular flexibility index (Phi) is 2.45. The number of allylic oxidation sites excluding steroid dienone is 1. The fraction of sp³-hybridized carbons (Fsp3) is 0.231. The van der Waals surface area contributed by atoms with Gasteiger partial charge in [-0.25, -0.2) is 0 Å². The first kappa shape index (κ1) is 14.6. The highest BCUT2D eigenvalue weighted by Gasteiger charge is 3.00. The van der Waals surface area contributed by atoms with Crippen molar-refractivity contribution in [3.63, 3.8) is 0 Å². The maximum Gasteiger partial charge on any atom is 0.0242 e. The van der Waals surface area contributed by atoms with Gasteiger partial charge in [-0.15, -0.1) is 6.58 Å². The van der Waals surface area contributed by atoms with Crippen molar-refractivity contribution in [2.45, 2.75) is 29.1 Å². The molecule has 0 heteroatoms. The van der Waals surface area contributed by atoms with Crippen molar-refractivity contribution in [2.75, 3.05) is 0 Å². The van der Waals surface area contributed by atoms with Crippen molar-refractivity contribution in [3.05, 3.63) is 120 Å². The zero-order chi connectivity index (χ0) is 17.6. The molecule has 126 valence electrons. The Labute approximate surface area is 155 Å². The topological polar surface area (TPSA) is 0 Å². The number of rotatable bonds is 3. The van der Waals surface area contributed by atoms with E-state index in [2.05, 4.69) is 105 Å². The van der Waals surface area contributed by atoms with Gasteiger partial charge in [0.05, 0.1) is 0 Å². The van der Waals surface area contributed by atoms with Crippen molar-refractivity contribution < 1.29 is 0 Å². The van der Waals surface area contributed by atoms with E-state index in [1.165, 1.54) is 11.1 Å². The zero-order valence-electron chi connectivity index (χ0n) is 15.0. The van der Waals surface area contributed by atoms with Gasteiger partial charge in [0, 0.05) is 22.2 Å². The molecule has 5 unspecified atom stereocenters. The Morgan fingerprint density at radius 1 is 0.731 bits per heavy atom.